The summed E-state index contributed by atoms with van der Waals surface area (Å²) in [5, 5.41) is 0. The van der Waals surface area contributed by atoms with Gasteiger partial charge in [0.1, 0.15) is 12.4 Å². The van der Waals surface area contributed by atoms with Crippen LogP contribution in [0.5, 0.6) is 5.75 Å². The fraction of sp³-hybridized carbons (Fsp3) is 0.760. The first kappa shape index (κ1) is 31.8. The van der Waals surface area contributed by atoms with Crippen molar-refractivity contribution in [3.8, 4) is 5.75 Å². The van der Waals surface area contributed by atoms with Gasteiger partial charge in [-0.25, -0.2) is 4.18 Å². The molecule has 0 amide bonds. The minimum absolute atomic E-state index is 0.0471. The van der Waals surface area contributed by atoms with Crippen LogP contribution in [0.4, 0.5) is 0 Å². The number of hydrogen-bond donors (Lipinski definition) is 1. The number of hydrogen-bond acceptors (Lipinski definition) is 8. The van der Waals surface area contributed by atoms with Crippen molar-refractivity contribution in [1.82, 2.24) is 0 Å². The van der Waals surface area contributed by atoms with Gasteiger partial charge in [0.2, 0.25) is 0 Å². The lowest BCUT2D eigenvalue weighted by Crippen LogP contribution is -2.15. The highest BCUT2D eigenvalue weighted by atomic mass is 32.3. The van der Waals surface area contributed by atoms with Gasteiger partial charge in [0.05, 0.1) is 59.5 Å². The van der Waals surface area contributed by atoms with Gasteiger partial charge in [-0.2, -0.15) is 8.42 Å². The standard InChI is InChI=1S/C25H44O9S/c1-2-3-4-5-6-7-8-11-24-12-9-10-13-25(24)33-22-20-31-18-16-29-14-15-30-17-19-32-21-23-34-35(26,27)28/h9-10,12-13H,2-8,11,14-23H2,1H3,(H,26,27,28). The number of rotatable bonds is 25. The van der Waals surface area contributed by atoms with Crippen LogP contribution in [0.2, 0.25) is 0 Å². The summed E-state index contributed by atoms with van der Waals surface area (Å²) in [6.07, 6.45) is 10.2. The second-order valence-corrected chi connectivity index (χ2v) is 9.12. The first-order valence-corrected chi connectivity index (χ1v) is 14.0. The molecule has 0 aliphatic rings. The van der Waals surface area contributed by atoms with E-state index in [1.54, 1.807) is 0 Å². The summed E-state index contributed by atoms with van der Waals surface area (Å²) in [6, 6.07) is 8.24. The van der Waals surface area contributed by atoms with E-state index in [4.69, 9.17) is 28.2 Å². The quantitative estimate of drug-likeness (QED) is 0.149. The van der Waals surface area contributed by atoms with E-state index in [1.807, 2.05) is 12.1 Å². The summed E-state index contributed by atoms with van der Waals surface area (Å²) in [7, 11) is -4.41. The molecule has 0 heterocycles. The van der Waals surface area contributed by atoms with E-state index in [1.165, 1.54) is 50.5 Å². The molecule has 1 rings (SSSR count). The summed E-state index contributed by atoms with van der Waals surface area (Å²) >= 11 is 0. The Morgan fingerprint density at radius 2 is 1.14 bits per heavy atom. The lowest BCUT2D eigenvalue weighted by molar-refractivity contribution is -0.00711. The molecule has 0 aromatic heterocycles. The third kappa shape index (κ3) is 20.6. The maximum absolute atomic E-state index is 10.3. The van der Waals surface area contributed by atoms with Gasteiger partial charge in [-0.1, -0.05) is 63.6 Å². The molecule has 0 saturated carbocycles. The minimum Gasteiger partial charge on any atom is -0.491 e. The van der Waals surface area contributed by atoms with Crippen molar-refractivity contribution in [3.05, 3.63) is 29.8 Å². The highest BCUT2D eigenvalue weighted by molar-refractivity contribution is 7.80. The zero-order chi connectivity index (χ0) is 25.5. The van der Waals surface area contributed by atoms with Crippen LogP contribution in [0.3, 0.4) is 0 Å². The van der Waals surface area contributed by atoms with Crippen molar-refractivity contribution < 1.29 is 40.8 Å². The Morgan fingerprint density at radius 3 is 1.71 bits per heavy atom. The van der Waals surface area contributed by atoms with E-state index in [0.29, 0.717) is 52.9 Å². The monoisotopic (exact) mass is 520 g/mol. The van der Waals surface area contributed by atoms with Crippen LogP contribution < -0.4 is 4.74 Å². The van der Waals surface area contributed by atoms with Gasteiger partial charge in [-0.15, -0.1) is 0 Å². The largest absolute Gasteiger partial charge is 0.491 e. The summed E-state index contributed by atoms with van der Waals surface area (Å²) in [4.78, 5) is 0. The van der Waals surface area contributed by atoms with Gasteiger partial charge in [-0.05, 0) is 24.5 Å². The number of benzene rings is 1. The second-order valence-electron chi connectivity index (χ2n) is 8.03. The van der Waals surface area contributed by atoms with Crippen molar-refractivity contribution in [3.63, 3.8) is 0 Å². The molecule has 0 unspecified atom stereocenters. The molecule has 0 radical (unpaired) electrons. The van der Waals surface area contributed by atoms with Crippen LogP contribution in [-0.2, 0) is 40.0 Å². The van der Waals surface area contributed by atoms with E-state index in [2.05, 4.69) is 23.2 Å². The van der Waals surface area contributed by atoms with Crippen LogP contribution >= 0.6 is 0 Å². The molecule has 0 fully saturated rings. The second kappa shape index (κ2) is 22.0. The van der Waals surface area contributed by atoms with E-state index < -0.39 is 10.4 Å². The van der Waals surface area contributed by atoms with E-state index in [9.17, 15) is 8.42 Å². The molecular weight excluding hydrogens is 476 g/mol. The smallest absolute Gasteiger partial charge is 0.397 e. The zero-order valence-corrected chi connectivity index (χ0v) is 22.0. The Hall–Kier alpha value is -1.27. The maximum atomic E-state index is 10.3. The van der Waals surface area contributed by atoms with Crippen molar-refractivity contribution >= 4 is 10.4 Å². The lowest BCUT2D eigenvalue weighted by Gasteiger charge is -2.12. The molecule has 1 aromatic rings. The molecule has 0 aliphatic heterocycles. The molecule has 35 heavy (non-hydrogen) atoms. The Balaban J connectivity index is 1.92. The zero-order valence-electron chi connectivity index (χ0n) is 21.2. The molecule has 0 aliphatic carbocycles. The number of aryl methyl sites for hydroxylation is 1. The highest BCUT2D eigenvalue weighted by Gasteiger charge is 2.04. The number of para-hydroxylation sites is 1. The first-order valence-electron chi connectivity index (χ1n) is 12.7. The van der Waals surface area contributed by atoms with E-state index in [-0.39, 0.29) is 13.2 Å². The fourth-order valence-electron chi connectivity index (χ4n) is 3.29. The van der Waals surface area contributed by atoms with E-state index in [0.717, 1.165) is 12.2 Å². The molecule has 0 bridgehead atoms. The summed E-state index contributed by atoms with van der Waals surface area (Å²) < 4.78 is 60.5. The van der Waals surface area contributed by atoms with Crippen molar-refractivity contribution in [2.45, 2.75) is 58.3 Å². The average molecular weight is 521 g/mol. The minimum atomic E-state index is -4.41. The molecule has 0 atom stereocenters. The average Bonchev–Trinajstić information content (AvgIpc) is 2.83. The Kier molecular flexibility index (Phi) is 19.9. The molecule has 1 N–H and O–H groups in total. The van der Waals surface area contributed by atoms with Crippen molar-refractivity contribution in [1.29, 1.82) is 0 Å². The first-order chi connectivity index (χ1) is 17.0. The van der Waals surface area contributed by atoms with Crippen molar-refractivity contribution in [2.24, 2.45) is 0 Å². The van der Waals surface area contributed by atoms with Gasteiger partial charge in [-0.3, -0.25) is 4.55 Å². The summed E-state index contributed by atoms with van der Waals surface area (Å²) in [6.45, 7) is 5.53. The molecule has 204 valence electrons. The van der Waals surface area contributed by atoms with Crippen LogP contribution in [-0.4, -0.2) is 79.0 Å². The lowest BCUT2D eigenvalue weighted by atomic mass is 10.0. The third-order valence-corrected chi connectivity index (χ3v) is 5.55. The molecule has 1 aromatic carbocycles. The van der Waals surface area contributed by atoms with Crippen LogP contribution in [0.1, 0.15) is 57.4 Å². The van der Waals surface area contributed by atoms with Crippen molar-refractivity contribution in [2.75, 3.05) is 66.1 Å². The highest BCUT2D eigenvalue weighted by Crippen LogP contribution is 2.21. The third-order valence-electron chi connectivity index (χ3n) is 5.08. The van der Waals surface area contributed by atoms with Gasteiger partial charge in [0.15, 0.2) is 0 Å². The molecule has 0 saturated heterocycles. The van der Waals surface area contributed by atoms with Crippen LogP contribution in [0.25, 0.3) is 0 Å². The predicted octanol–water partition coefficient (Wildman–Crippen LogP) is 4.24. The normalized spacial score (nSPS) is 11.7. The van der Waals surface area contributed by atoms with Gasteiger partial charge in [0.25, 0.3) is 0 Å². The molecule has 10 heteroatoms. The fourth-order valence-corrected chi connectivity index (χ4v) is 3.57. The maximum Gasteiger partial charge on any atom is 0.397 e. The molecule has 9 nitrogen and oxygen atoms in total. The number of unbranched alkanes of at least 4 members (excludes halogenated alkanes) is 6. The topological polar surface area (TPSA) is 110 Å². The van der Waals surface area contributed by atoms with Gasteiger partial charge < -0.3 is 23.7 Å². The molecular formula is C25H44O9S. The van der Waals surface area contributed by atoms with E-state index >= 15 is 0 Å². The molecule has 0 spiro atoms. The Bertz CT molecular complexity index is 713. The van der Waals surface area contributed by atoms with Crippen LogP contribution in [0.15, 0.2) is 24.3 Å². The number of ether oxygens (including phenoxy) is 5. The van der Waals surface area contributed by atoms with Crippen LogP contribution in [0, 0.1) is 0 Å². The van der Waals surface area contributed by atoms with Gasteiger partial charge in [0, 0.05) is 0 Å². The predicted molar refractivity (Wildman–Crippen MR) is 134 cm³/mol. The Morgan fingerprint density at radius 1 is 0.657 bits per heavy atom. The van der Waals surface area contributed by atoms with Gasteiger partial charge >= 0.3 is 10.4 Å². The summed E-state index contributed by atoms with van der Waals surface area (Å²) in [5.41, 5.74) is 1.27. The SMILES string of the molecule is CCCCCCCCCc1ccccc1OCCOCCOCCOCCOCCOS(=O)(=O)O. The summed E-state index contributed by atoms with van der Waals surface area (Å²) in [5.74, 6) is 0.949. The Labute approximate surface area is 211 Å².